The van der Waals surface area contributed by atoms with Gasteiger partial charge in [0, 0.05) is 25.8 Å². The van der Waals surface area contributed by atoms with Gasteiger partial charge in [-0.1, -0.05) is 55.0 Å². The minimum absolute atomic E-state index is 0. The average molecular weight is 455 g/mol. The van der Waals surface area contributed by atoms with E-state index in [-0.39, 0.29) is 50.7 Å². The zero-order valence-electron chi connectivity index (χ0n) is 10.5. The third kappa shape index (κ3) is 3.75. The number of hydrogen-bond acceptors (Lipinski definition) is 0. The second-order valence-corrected chi connectivity index (χ2v) is 4.20. The summed E-state index contributed by atoms with van der Waals surface area (Å²) in [7, 11) is 0. The van der Waals surface area contributed by atoms with Gasteiger partial charge in [-0.15, -0.1) is 0 Å². The third-order valence-corrected chi connectivity index (χ3v) is 3.01. The molecule has 3 rings (SSSR count). The molecule has 0 unspecified atom stereocenters. The van der Waals surface area contributed by atoms with E-state index in [0.29, 0.717) is 0 Å². The first kappa shape index (κ1) is 18.5. The van der Waals surface area contributed by atoms with Gasteiger partial charge in [-0.2, -0.15) is 23.3 Å². The van der Waals surface area contributed by atoms with Crippen molar-refractivity contribution in [1.82, 2.24) is 0 Å². The van der Waals surface area contributed by atoms with Crippen LogP contribution in [0.2, 0.25) is 0 Å². The van der Waals surface area contributed by atoms with Crippen LogP contribution in [0.3, 0.4) is 0 Å². The maximum atomic E-state index is 2.24. The number of fused-ring (bicyclic) bond motifs is 1. The van der Waals surface area contributed by atoms with Crippen LogP contribution >= 0.6 is 0 Å². The summed E-state index contributed by atoms with van der Waals surface area (Å²) in [4.78, 5) is 0. The second-order valence-electron chi connectivity index (χ2n) is 4.20. The molecule has 0 N–H and O–H groups in total. The molecule has 0 saturated carbocycles. The molecule has 0 saturated heterocycles. The van der Waals surface area contributed by atoms with Crippen LogP contribution in [0.1, 0.15) is 5.56 Å². The molecule has 3 heteroatoms. The molecule has 3 aromatic rings. The Morgan fingerprint density at radius 1 is 0.895 bits per heavy atom. The van der Waals surface area contributed by atoms with Gasteiger partial charge in [0.05, 0.1) is 0 Å². The number of halogens is 2. The van der Waals surface area contributed by atoms with E-state index in [1.165, 1.54) is 27.5 Å². The van der Waals surface area contributed by atoms with Crippen molar-refractivity contribution in [3.63, 3.8) is 0 Å². The Balaban J connectivity index is 0.00000108. The van der Waals surface area contributed by atoms with Crippen LogP contribution in [0.5, 0.6) is 0 Å². The van der Waals surface area contributed by atoms with Gasteiger partial charge in [-0.3, -0.25) is 0 Å². The van der Waals surface area contributed by atoms with Gasteiger partial charge < -0.3 is 24.8 Å². The zero-order valence-corrected chi connectivity index (χ0v) is 15.6. The van der Waals surface area contributed by atoms with Gasteiger partial charge >= 0.3 is 0 Å². The van der Waals surface area contributed by atoms with Gasteiger partial charge in [0.2, 0.25) is 0 Å². The molecule has 0 bridgehead atoms. The molecule has 0 radical (unpaired) electrons. The topological polar surface area (TPSA) is 0 Å². The van der Waals surface area contributed by atoms with Gasteiger partial charge in [-0.05, 0) is 10.8 Å². The largest absolute Gasteiger partial charge is 1.00 e. The van der Waals surface area contributed by atoms with Gasteiger partial charge in [0.25, 0.3) is 0 Å². The van der Waals surface area contributed by atoms with E-state index in [1.54, 1.807) is 0 Å². The maximum absolute atomic E-state index is 2.24. The average Bonchev–Trinajstić information content (AvgIpc) is 2.75. The SMILES string of the molecule is Cc1cc(-c2cccc3ccccc23)c[cH-]1.[Cl-].[Cl-].[Hf]. The van der Waals surface area contributed by atoms with Crippen molar-refractivity contribution in [2.24, 2.45) is 0 Å². The Hall–Kier alpha value is -0.500. The van der Waals surface area contributed by atoms with Crippen LogP contribution < -0.4 is 24.8 Å². The van der Waals surface area contributed by atoms with E-state index in [2.05, 4.69) is 67.6 Å². The predicted octanol–water partition coefficient (Wildman–Crippen LogP) is -1.46. The third-order valence-electron chi connectivity index (χ3n) is 3.01. The fourth-order valence-electron chi connectivity index (χ4n) is 2.21. The monoisotopic (exact) mass is 455 g/mol. The van der Waals surface area contributed by atoms with Crippen LogP contribution in [0.15, 0.2) is 60.7 Å². The molecule has 0 aliphatic heterocycles. The molecule has 0 atom stereocenters. The fraction of sp³-hybridized carbons (Fsp3) is 0.0625. The quantitative estimate of drug-likeness (QED) is 0.312. The van der Waals surface area contributed by atoms with Crippen molar-refractivity contribution in [3.8, 4) is 11.1 Å². The summed E-state index contributed by atoms with van der Waals surface area (Å²) < 4.78 is 0. The van der Waals surface area contributed by atoms with E-state index in [1.807, 2.05) is 0 Å². The first-order valence-electron chi connectivity index (χ1n) is 5.56. The van der Waals surface area contributed by atoms with Crippen molar-refractivity contribution in [3.05, 3.63) is 66.2 Å². The summed E-state index contributed by atoms with van der Waals surface area (Å²) in [6, 6.07) is 21.6. The smallest absolute Gasteiger partial charge is 0 e. The first-order valence-corrected chi connectivity index (χ1v) is 5.56. The van der Waals surface area contributed by atoms with Crippen molar-refractivity contribution < 1.29 is 50.7 Å². The number of rotatable bonds is 1. The van der Waals surface area contributed by atoms with Crippen LogP contribution in [0.4, 0.5) is 0 Å². The molecule has 0 spiro atoms. The van der Waals surface area contributed by atoms with Gasteiger partial charge in [-0.25, -0.2) is 6.07 Å². The van der Waals surface area contributed by atoms with Gasteiger partial charge in [0.1, 0.15) is 0 Å². The summed E-state index contributed by atoms with van der Waals surface area (Å²) in [5.41, 5.74) is 3.96. The Labute approximate surface area is 145 Å². The molecular weight excluding hydrogens is 442 g/mol. The Morgan fingerprint density at radius 2 is 1.58 bits per heavy atom. The number of benzene rings is 2. The van der Waals surface area contributed by atoms with Crippen molar-refractivity contribution >= 4 is 10.8 Å². The molecule has 0 nitrogen and oxygen atoms in total. The van der Waals surface area contributed by atoms with Crippen molar-refractivity contribution in [2.75, 3.05) is 0 Å². The molecule has 0 heterocycles. The molecule has 0 aliphatic rings. The zero-order chi connectivity index (χ0) is 11.0. The Kier molecular flexibility index (Phi) is 7.73. The van der Waals surface area contributed by atoms with E-state index < -0.39 is 0 Å². The van der Waals surface area contributed by atoms with E-state index in [4.69, 9.17) is 0 Å². The fourth-order valence-corrected chi connectivity index (χ4v) is 2.21. The summed E-state index contributed by atoms with van der Waals surface area (Å²) in [6.45, 7) is 2.13. The second kappa shape index (κ2) is 7.94. The minimum atomic E-state index is 0. The van der Waals surface area contributed by atoms with Crippen LogP contribution in [-0.4, -0.2) is 0 Å². The van der Waals surface area contributed by atoms with Crippen LogP contribution in [0.25, 0.3) is 21.9 Å². The van der Waals surface area contributed by atoms with E-state index in [9.17, 15) is 0 Å². The van der Waals surface area contributed by atoms with E-state index in [0.717, 1.165) is 0 Å². The van der Waals surface area contributed by atoms with Gasteiger partial charge in [0.15, 0.2) is 0 Å². The van der Waals surface area contributed by atoms with Crippen LogP contribution in [0, 0.1) is 6.92 Å². The molecular formula is C16H13Cl2Hf-3. The minimum Gasteiger partial charge on any atom is -1.00 e. The Bertz CT molecular complexity index is 639. The first-order chi connectivity index (χ1) is 7.84. The van der Waals surface area contributed by atoms with Crippen molar-refractivity contribution in [2.45, 2.75) is 6.92 Å². The standard InChI is InChI=1S/C16H13.2ClH.Hf/c1-12-9-10-14(11-12)16-8-4-6-13-5-2-3-7-15(13)16;;;/h2-11H,1H3;2*1H;/q-1;;;/p-2. The Morgan fingerprint density at radius 3 is 2.26 bits per heavy atom. The van der Waals surface area contributed by atoms with Crippen LogP contribution in [-0.2, 0) is 25.8 Å². The molecule has 0 amide bonds. The maximum Gasteiger partial charge on any atom is 0 e. The summed E-state index contributed by atoms with van der Waals surface area (Å²) in [5, 5.41) is 2.63. The number of hydrogen-bond donors (Lipinski definition) is 0. The normalized spacial score (nSPS) is 9.11. The molecule has 0 aromatic heterocycles. The van der Waals surface area contributed by atoms with E-state index >= 15 is 0 Å². The molecule has 98 valence electrons. The summed E-state index contributed by atoms with van der Waals surface area (Å²) in [6.07, 6.45) is 0. The van der Waals surface area contributed by atoms with Crippen molar-refractivity contribution in [1.29, 1.82) is 0 Å². The molecule has 3 aromatic carbocycles. The summed E-state index contributed by atoms with van der Waals surface area (Å²) in [5.74, 6) is 0. The molecule has 19 heavy (non-hydrogen) atoms. The molecule has 0 aliphatic carbocycles. The number of aryl methyl sites for hydroxylation is 1. The molecule has 0 fully saturated rings. The summed E-state index contributed by atoms with van der Waals surface area (Å²) >= 11 is 0. The predicted molar refractivity (Wildman–Crippen MR) is 69.7 cm³/mol.